The molecule has 2 aromatic heterocycles. The van der Waals surface area contributed by atoms with E-state index in [0.29, 0.717) is 6.54 Å². The second-order valence-electron chi connectivity index (χ2n) is 7.56. The van der Waals surface area contributed by atoms with E-state index in [9.17, 15) is 4.39 Å². The maximum absolute atomic E-state index is 13.6. The molecule has 1 saturated carbocycles. The van der Waals surface area contributed by atoms with E-state index in [2.05, 4.69) is 27.8 Å². The Morgan fingerprint density at radius 2 is 2.07 bits per heavy atom. The lowest BCUT2D eigenvalue weighted by molar-refractivity contribution is 0.615. The summed E-state index contributed by atoms with van der Waals surface area (Å²) in [6.07, 6.45) is 5.86. The number of guanidine groups is 1. The minimum absolute atomic E-state index is 0.00904. The van der Waals surface area contributed by atoms with E-state index in [4.69, 9.17) is 4.99 Å². The molecule has 0 amide bonds. The van der Waals surface area contributed by atoms with E-state index < -0.39 is 0 Å². The lowest BCUT2D eigenvalue weighted by Crippen LogP contribution is -2.38. The Morgan fingerprint density at radius 3 is 2.86 bits per heavy atom. The maximum atomic E-state index is 13.6. The van der Waals surface area contributed by atoms with E-state index in [1.807, 2.05) is 34.9 Å². The standard InChI is InChI=1S/C22H27FN6/c1-2-24-21(26-16-22(11-12-22)17-7-5-8-18(23)15-17)25-13-6-10-20-28-27-19-9-3-4-14-29(19)20/h3-5,7-9,14-15H,2,6,10-13,16H2,1H3,(H2,24,25,26). The van der Waals surface area contributed by atoms with Crippen LogP contribution in [0.25, 0.3) is 5.65 Å². The van der Waals surface area contributed by atoms with Crippen molar-refractivity contribution >= 4 is 11.6 Å². The number of aromatic nitrogens is 3. The van der Waals surface area contributed by atoms with Crippen LogP contribution in [0.4, 0.5) is 4.39 Å². The highest BCUT2D eigenvalue weighted by Gasteiger charge is 2.44. The molecule has 0 radical (unpaired) electrons. The topological polar surface area (TPSA) is 66.6 Å². The Bertz CT molecular complexity index is 992. The van der Waals surface area contributed by atoms with Crippen molar-refractivity contribution in [1.82, 2.24) is 25.2 Å². The molecule has 1 aliphatic carbocycles. The van der Waals surface area contributed by atoms with Gasteiger partial charge in [-0.3, -0.25) is 9.39 Å². The highest BCUT2D eigenvalue weighted by atomic mass is 19.1. The van der Waals surface area contributed by atoms with Crippen molar-refractivity contribution in [2.75, 3.05) is 19.6 Å². The predicted molar refractivity (Wildman–Crippen MR) is 113 cm³/mol. The summed E-state index contributed by atoms with van der Waals surface area (Å²) in [5, 5.41) is 15.2. The van der Waals surface area contributed by atoms with Gasteiger partial charge in [-0.2, -0.15) is 0 Å². The number of halogens is 1. The molecule has 0 saturated heterocycles. The van der Waals surface area contributed by atoms with Gasteiger partial charge in [-0.1, -0.05) is 18.2 Å². The van der Waals surface area contributed by atoms with Gasteiger partial charge >= 0.3 is 0 Å². The summed E-state index contributed by atoms with van der Waals surface area (Å²) in [6.45, 7) is 4.31. The molecule has 2 heterocycles. The van der Waals surface area contributed by atoms with Crippen LogP contribution in [0.15, 0.2) is 53.7 Å². The van der Waals surface area contributed by atoms with E-state index in [1.54, 1.807) is 12.1 Å². The molecule has 6 nitrogen and oxygen atoms in total. The third kappa shape index (κ3) is 4.55. The average Bonchev–Trinajstić information content (AvgIpc) is 3.43. The first-order valence-electron chi connectivity index (χ1n) is 10.3. The van der Waals surface area contributed by atoms with Gasteiger partial charge in [-0.05, 0) is 56.0 Å². The third-order valence-electron chi connectivity index (χ3n) is 5.43. The average molecular weight is 394 g/mol. The van der Waals surface area contributed by atoms with Crippen LogP contribution in [0.1, 0.15) is 37.6 Å². The number of hydrogen-bond donors (Lipinski definition) is 2. The molecule has 152 valence electrons. The van der Waals surface area contributed by atoms with Gasteiger partial charge in [0, 0.05) is 31.1 Å². The zero-order chi connectivity index (χ0) is 20.1. The van der Waals surface area contributed by atoms with Gasteiger partial charge in [0.25, 0.3) is 0 Å². The van der Waals surface area contributed by atoms with Gasteiger partial charge in [-0.25, -0.2) is 4.39 Å². The van der Waals surface area contributed by atoms with Gasteiger partial charge in [-0.15, -0.1) is 10.2 Å². The number of nitrogens with one attached hydrogen (secondary N) is 2. The summed E-state index contributed by atoms with van der Waals surface area (Å²) in [6, 6.07) is 12.8. The molecular weight excluding hydrogens is 367 g/mol. The van der Waals surface area contributed by atoms with Crippen molar-refractivity contribution in [1.29, 1.82) is 0 Å². The summed E-state index contributed by atoms with van der Waals surface area (Å²) in [4.78, 5) is 4.78. The van der Waals surface area contributed by atoms with Crippen LogP contribution in [0, 0.1) is 5.82 Å². The number of fused-ring (bicyclic) bond motifs is 1. The maximum Gasteiger partial charge on any atom is 0.191 e. The first-order valence-corrected chi connectivity index (χ1v) is 10.3. The number of aliphatic imine (C=N–C) groups is 1. The van der Waals surface area contributed by atoms with Crippen LogP contribution in [0.3, 0.4) is 0 Å². The zero-order valence-corrected chi connectivity index (χ0v) is 16.7. The van der Waals surface area contributed by atoms with E-state index >= 15 is 0 Å². The molecule has 1 aromatic carbocycles. The lowest BCUT2D eigenvalue weighted by atomic mass is 9.96. The second-order valence-corrected chi connectivity index (χ2v) is 7.56. The summed E-state index contributed by atoms with van der Waals surface area (Å²) < 4.78 is 15.6. The molecule has 0 atom stereocenters. The molecular formula is C22H27FN6. The van der Waals surface area contributed by atoms with E-state index in [-0.39, 0.29) is 11.2 Å². The van der Waals surface area contributed by atoms with Crippen LogP contribution in [-0.4, -0.2) is 40.2 Å². The Morgan fingerprint density at radius 1 is 1.17 bits per heavy atom. The van der Waals surface area contributed by atoms with Gasteiger partial charge in [0.1, 0.15) is 11.6 Å². The third-order valence-corrected chi connectivity index (χ3v) is 5.43. The number of benzene rings is 1. The first kappa shape index (κ1) is 19.4. The molecule has 4 rings (SSSR count). The largest absolute Gasteiger partial charge is 0.357 e. The van der Waals surface area contributed by atoms with Gasteiger partial charge in [0.2, 0.25) is 0 Å². The summed E-state index contributed by atoms with van der Waals surface area (Å²) in [5.74, 6) is 1.59. The zero-order valence-electron chi connectivity index (χ0n) is 16.7. The number of pyridine rings is 1. The number of nitrogens with zero attached hydrogens (tertiary/aromatic N) is 4. The second kappa shape index (κ2) is 8.59. The molecule has 29 heavy (non-hydrogen) atoms. The minimum atomic E-state index is -0.177. The normalized spacial score (nSPS) is 15.4. The molecule has 0 unspecified atom stereocenters. The van der Waals surface area contributed by atoms with E-state index in [1.165, 1.54) is 6.07 Å². The van der Waals surface area contributed by atoms with Crippen molar-refractivity contribution in [2.24, 2.45) is 4.99 Å². The monoisotopic (exact) mass is 394 g/mol. The van der Waals surface area contributed by atoms with Crippen LogP contribution in [0.5, 0.6) is 0 Å². The SMILES string of the molecule is CCNC(=NCC1(c2cccc(F)c2)CC1)NCCCc1nnc2ccccn12. The van der Waals surface area contributed by atoms with Crippen LogP contribution in [-0.2, 0) is 11.8 Å². The van der Waals surface area contributed by atoms with Crippen molar-refractivity contribution in [3.8, 4) is 0 Å². The minimum Gasteiger partial charge on any atom is -0.357 e. The number of hydrogen-bond acceptors (Lipinski definition) is 3. The Labute approximate surface area is 170 Å². The summed E-state index contributed by atoms with van der Waals surface area (Å²) in [7, 11) is 0. The molecule has 2 N–H and O–H groups in total. The Kier molecular flexibility index (Phi) is 5.74. The fourth-order valence-electron chi connectivity index (χ4n) is 3.59. The molecule has 0 aliphatic heterocycles. The predicted octanol–water partition coefficient (Wildman–Crippen LogP) is 3.09. The summed E-state index contributed by atoms with van der Waals surface area (Å²) in [5.41, 5.74) is 1.92. The quantitative estimate of drug-likeness (QED) is 0.350. The first-order chi connectivity index (χ1) is 14.2. The molecule has 0 bridgehead atoms. The summed E-state index contributed by atoms with van der Waals surface area (Å²) >= 11 is 0. The van der Waals surface area contributed by atoms with Crippen molar-refractivity contribution in [2.45, 2.75) is 38.0 Å². The van der Waals surface area contributed by atoms with Gasteiger partial charge < -0.3 is 10.6 Å². The molecule has 1 aliphatic rings. The van der Waals surface area contributed by atoms with E-state index in [0.717, 1.165) is 61.8 Å². The van der Waals surface area contributed by atoms with Gasteiger partial charge in [0.05, 0.1) is 6.54 Å². The molecule has 7 heteroatoms. The highest BCUT2D eigenvalue weighted by molar-refractivity contribution is 5.79. The smallest absolute Gasteiger partial charge is 0.191 e. The Balaban J connectivity index is 1.32. The molecule has 0 spiro atoms. The number of rotatable bonds is 8. The van der Waals surface area contributed by atoms with Gasteiger partial charge in [0.15, 0.2) is 11.6 Å². The van der Waals surface area contributed by atoms with Crippen LogP contribution >= 0.6 is 0 Å². The fourth-order valence-corrected chi connectivity index (χ4v) is 3.59. The molecule has 3 aromatic rings. The van der Waals surface area contributed by atoms with Crippen molar-refractivity contribution in [3.63, 3.8) is 0 Å². The fraction of sp³-hybridized carbons (Fsp3) is 0.409. The number of aryl methyl sites for hydroxylation is 1. The van der Waals surface area contributed by atoms with Crippen LogP contribution in [0.2, 0.25) is 0 Å². The molecule has 1 fully saturated rings. The lowest BCUT2D eigenvalue weighted by Gasteiger charge is -2.16. The van der Waals surface area contributed by atoms with Crippen molar-refractivity contribution in [3.05, 3.63) is 65.9 Å². The highest BCUT2D eigenvalue weighted by Crippen LogP contribution is 2.48. The Hall–Kier alpha value is -2.96. The van der Waals surface area contributed by atoms with Crippen molar-refractivity contribution < 1.29 is 4.39 Å². The van der Waals surface area contributed by atoms with Crippen LogP contribution < -0.4 is 10.6 Å².